The highest BCUT2D eigenvalue weighted by atomic mass is 35.5. The average molecular weight is 523 g/mol. The molecule has 37 heavy (non-hydrogen) atoms. The second-order valence-electron chi connectivity index (χ2n) is 7.63. The maximum atomic E-state index is 13.0. The fourth-order valence-corrected chi connectivity index (χ4v) is 3.62. The minimum atomic E-state index is -0.992. The van der Waals surface area contributed by atoms with Crippen molar-refractivity contribution >= 4 is 52.6 Å². The van der Waals surface area contributed by atoms with Gasteiger partial charge in [0.25, 0.3) is 23.2 Å². The molecule has 0 unspecified atom stereocenters. The first-order valence-corrected chi connectivity index (χ1v) is 10.8. The molecule has 0 aliphatic carbocycles. The number of hydrogen-bond donors (Lipinski definition) is 1. The van der Waals surface area contributed by atoms with Gasteiger partial charge in [-0.05, 0) is 53.6 Å². The molecule has 1 heterocycles. The van der Waals surface area contributed by atoms with Crippen molar-refractivity contribution in [2.24, 2.45) is 0 Å². The molecule has 1 aliphatic rings. The van der Waals surface area contributed by atoms with Gasteiger partial charge in [-0.2, -0.15) is 0 Å². The number of urea groups is 1. The summed E-state index contributed by atoms with van der Waals surface area (Å²) in [5, 5.41) is 23.9. The molecule has 3 aromatic rings. The molecule has 0 bridgehead atoms. The zero-order valence-corrected chi connectivity index (χ0v) is 19.4. The summed E-state index contributed by atoms with van der Waals surface area (Å²) >= 11 is 6.29. The van der Waals surface area contributed by atoms with Gasteiger partial charge in [0.2, 0.25) is 0 Å². The highest BCUT2D eigenvalue weighted by Gasteiger charge is 2.37. The molecule has 0 aromatic heterocycles. The van der Waals surface area contributed by atoms with Crippen molar-refractivity contribution in [2.75, 3.05) is 4.90 Å². The molecule has 0 spiro atoms. The van der Waals surface area contributed by atoms with Crippen molar-refractivity contribution in [1.29, 1.82) is 0 Å². The third-order valence-electron chi connectivity index (χ3n) is 5.23. The van der Waals surface area contributed by atoms with Crippen LogP contribution in [0.4, 0.5) is 21.9 Å². The zero-order chi connectivity index (χ0) is 26.7. The van der Waals surface area contributed by atoms with Crippen molar-refractivity contribution in [3.05, 3.63) is 109 Å². The summed E-state index contributed by atoms with van der Waals surface area (Å²) in [7, 11) is 0. The Kier molecular flexibility index (Phi) is 6.93. The number of non-ortho nitro benzene ring substituents is 2. The summed E-state index contributed by atoms with van der Waals surface area (Å²) in [6, 6.07) is 14.0. The number of hydrogen-bond acceptors (Lipinski definition) is 8. The van der Waals surface area contributed by atoms with Crippen LogP contribution in [0.15, 0.2) is 72.3 Å². The number of nitro benzene ring substituents is 2. The predicted octanol–water partition coefficient (Wildman–Crippen LogP) is 4.40. The van der Waals surface area contributed by atoms with Crippen LogP contribution < -0.4 is 15.0 Å². The van der Waals surface area contributed by atoms with Crippen LogP contribution in [-0.2, 0) is 16.2 Å². The lowest BCUT2D eigenvalue weighted by atomic mass is 10.1. The van der Waals surface area contributed by atoms with E-state index in [1.54, 1.807) is 12.1 Å². The van der Waals surface area contributed by atoms with Gasteiger partial charge < -0.3 is 4.74 Å². The topological polar surface area (TPSA) is 162 Å². The Morgan fingerprint density at radius 2 is 1.49 bits per heavy atom. The molecule has 4 rings (SSSR count). The third kappa shape index (κ3) is 5.44. The number of nitro groups is 2. The van der Waals surface area contributed by atoms with Crippen molar-refractivity contribution in [1.82, 2.24) is 5.32 Å². The third-order valence-corrected chi connectivity index (χ3v) is 5.52. The standard InChI is InChI=1S/C24H15ClN4O8/c25-20-12-15(3-10-21(20)37-13-14-1-4-17(5-2-14)28(33)34)11-19-22(30)26-24(32)27(23(19)31)16-6-8-18(9-7-16)29(35)36/h1-12H,13H2,(H,26,30,32)/b19-11+. The molecule has 1 N–H and O–H groups in total. The van der Waals surface area contributed by atoms with Crippen LogP contribution >= 0.6 is 11.6 Å². The number of nitrogens with zero attached hydrogens (tertiary/aromatic N) is 3. The van der Waals surface area contributed by atoms with Gasteiger partial charge in [-0.15, -0.1) is 0 Å². The van der Waals surface area contributed by atoms with E-state index in [4.69, 9.17) is 16.3 Å². The average Bonchev–Trinajstić information content (AvgIpc) is 2.86. The monoisotopic (exact) mass is 522 g/mol. The quantitative estimate of drug-likeness (QED) is 0.206. The first-order valence-electron chi connectivity index (χ1n) is 10.5. The molecule has 1 saturated heterocycles. The SMILES string of the molecule is O=C1NC(=O)N(c2ccc([N+](=O)[O-])cc2)C(=O)/C1=C/c1ccc(OCc2ccc([N+](=O)[O-])cc2)c(Cl)c1. The van der Waals surface area contributed by atoms with Gasteiger partial charge in [-0.1, -0.05) is 17.7 Å². The highest BCUT2D eigenvalue weighted by molar-refractivity contribution is 6.39. The summed E-state index contributed by atoms with van der Waals surface area (Å²) in [5.74, 6) is -1.54. The van der Waals surface area contributed by atoms with Crippen LogP contribution in [-0.4, -0.2) is 27.7 Å². The van der Waals surface area contributed by atoms with E-state index in [1.807, 2.05) is 0 Å². The van der Waals surface area contributed by atoms with Gasteiger partial charge in [-0.25, -0.2) is 9.69 Å². The number of amides is 4. The number of ether oxygens (including phenoxy) is 1. The van der Waals surface area contributed by atoms with Crippen molar-refractivity contribution in [3.8, 4) is 5.75 Å². The molecular weight excluding hydrogens is 508 g/mol. The van der Waals surface area contributed by atoms with Gasteiger partial charge in [0.15, 0.2) is 0 Å². The first-order chi connectivity index (χ1) is 17.6. The summed E-state index contributed by atoms with van der Waals surface area (Å²) in [6.07, 6.45) is 1.24. The summed E-state index contributed by atoms with van der Waals surface area (Å²) < 4.78 is 5.66. The fraction of sp³-hybridized carbons (Fsp3) is 0.0417. The van der Waals surface area contributed by atoms with E-state index in [1.165, 1.54) is 48.5 Å². The van der Waals surface area contributed by atoms with Gasteiger partial charge in [0, 0.05) is 24.3 Å². The van der Waals surface area contributed by atoms with E-state index >= 15 is 0 Å². The van der Waals surface area contributed by atoms with Crippen molar-refractivity contribution < 1.29 is 29.0 Å². The zero-order valence-electron chi connectivity index (χ0n) is 18.6. The Morgan fingerprint density at radius 1 is 0.892 bits per heavy atom. The second-order valence-corrected chi connectivity index (χ2v) is 8.04. The lowest BCUT2D eigenvalue weighted by molar-refractivity contribution is -0.385. The number of halogens is 1. The normalized spacial score (nSPS) is 14.5. The van der Waals surface area contributed by atoms with Crippen molar-refractivity contribution in [3.63, 3.8) is 0 Å². The largest absolute Gasteiger partial charge is 0.487 e. The number of anilines is 1. The molecule has 4 amide bonds. The van der Waals surface area contributed by atoms with Gasteiger partial charge in [-0.3, -0.25) is 35.1 Å². The Bertz CT molecular complexity index is 1470. The highest BCUT2D eigenvalue weighted by Crippen LogP contribution is 2.29. The van der Waals surface area contributed by atoms with Gasteiger partial charge >= 0.3 is 6.03 Å². The van der Waals surface area contributed by atoms with E-state index in [9.17, 15) is 34.6 Å². The summed E-state index contributed by atoms with van der Waals surface area (Å²) in [6.45, 7) is 0.0886. The molecule has 0 saturated carbocycles. The lowest BCUT2D eigenvalue weighted by Gasteiger charge is -2.26. The number of benzene rings is 3. The first kappa shape index (κ1) is 25.0. The van der Waals surface area contributed by atoms with Crippen LogP contribution in [0.2, 0.25) is 5.02 Å². The summed E-state index contributed by atoms with van der Waals surface area (Å²) in [5.41, 5.74) is 0.450. The van der Waals surface area contributed by atoms with E-state index in [2.05, 4.69) is 5.32 Å². The van der Waals surface area contributed by atoms with Crippen LogP contribution in [0, 0.1) is 20.2 Å². The molecule has 12 nitrogen and oxygen atoms in total. The minimum Gasteiger partial charge on any atom is -0.487 e. The van der Waals surface area contributed by atoms with E-state index in [-0.39, 0.29) is 34.3 Å². The molecule has 1 fully saturated rings. The summed E-state index contributed by atoms with van der Waals surface area (Å²) in [4.78, 5) is 58.9. The minimum absolute atomic E-state index is 0.0412. The molecule has 0 radical (unpaired) electrons. The fourth-order valence-electron chi connectivity index (χ4n) is 3.38. The van der Waals surface area contributed by atoms with Gasteiger partial charge in [0.05, 0.1) is 20.6 Å². The number of rotatable bonds is 7. The Morgan fingerprint density at radius 3 is 2.05 bits per heavy atom. The van der Waals surface area contributed by atoms with Crippen molar-refractivity contribution in [2.45, 2.75) is 6.61 Å². The molecule has 1 aliphatic heterocycles. The van der Waals surface area contributed by atoms with E-state index in [0.717, 1.165) is 12.1 Å². The number of nitrogens with one attached hydrogen (secondary N) is 1. The van der Waals surface area contributed by atoms with Crippen LogP contribution in [0.3, 0.4) is 0 Å². The Hall–Kier alpha value is -5.10. The molecule has 13 heteroatoms. The molecule has 0 atom stereocenters. The number of carbonyl (C=O) groups is 3. The molecule has 3 aromatic carbocycles. The maximum absolute atomic E-state index is 13.0. The Labute approximate surface area is 213 Å². The number of barbiturate groups is 1. The van der Waals surface area contributed by atoms with Crippen LogP contribution in [0.25, 0.3) is 6.08 Å². The second kappa shape index (κ2) is 10.3. The van der Waals surface area contributed by atoms with Gasteiger partial charge in [0.1, 0.15) is 17.9 Å². The molecule has 186 valence electrons. The number of carbonyl (C=O) groups excluding carboxylic acids is 3. The number of imide groups is 2. The van der Waals surface area contributed by atoms with E-state index < -0.39 is 27.7 Å². The van der Waals surface area contributed by atoms with Crippen LogP contribution in [0.1, 0.15) is 11.1 Å². The lowest BCUT2D eigenvalue weighted by Crippen LogP contribution is -2.54. The smallest absolute Gasteiger partial charge is 0.335 e. The Balaban J connectivity index is 1.52. The van der Waals surface area contributed by atoms with E-state index in [0.29, 0.717) is 21.8 Å². The molecular formula is C24H15ClN4O8. The predicted molar refractivity (Wildman–Crippen MR) is 131 cm³/mol. The van der Waals surface area contributed by atoms with Crippen LogP contribution in [0.5, 0.6) is 5.75 Å². The maximum Gasteiger partial charge on any atom is 0.335 e.